The van der Waals surface area contributed by atoms with Gasteiger partial charge in [0.05, 0.1) is 5.69 Å². The molecule has 0 bridgehead atoms. The lowest BCUT2D eigenvalue weighted by molar-refractivity contribution is 0.441. The third kappa shape index (κ3) is 1.81. The molecule has 0 aliphatic carbocycles. The van der Waals surface area contributed by atoms with Gasteiger partial charge in [-0.1, -0.05) is 18.2 Å². The Kier molecular flexibility index (Phi) is 2.71. The summed E-state index contributed by atoms with van der Waals surface area (Å²) in [5.74, 6) is 0.382. The van der Waals surface area contributed by atoms with Crippen LogP contribution in [0.15, 0.2) is 30.3 Å². The van der Waals surface area contributed by atoms with Crippen LogP contribution in [0, 0.1) is 11.3 Å². The molecule has 5 nitrogen and oxygen atoms in total. The third-order valence-electron chi connectivity index (χ3n) is 2.36. The molecule has 86 valence electrons. The van der Waals surface area contributed by atoms with E-state index in [2.05, 4.69) is 4.98 Å². The summed E-state index contributed by atoms with van der Waals surface area (Å²) in [4.78, 5) is 5.83. The number of aromatic hydroxyl groups is 1. The number of anilines is 1. The van der Waals surface area contributed by atoms with Crippen LogP contribution in [0.1, 0.15) is 5.69 Å². The van der Waals surface area contributed by atoms with E-state index in [0.717, 1.165) is 5.69 Å². The van der Waals surface area contributed by atoms with E-state index in [-0.39, 0.29) is 11.6 Å². The van der Waals surface area contributed by atoms with E-state index in [1.54, 1.807) is 9.47 Å². The molecule has 0 fully saturated rings. The van der Waals surface area contributed by atoms with Crippen molar-refractivity contribution in [1.29, 1.82) is 5.26 Å². The lowest BCUT2D eigenvalue weighted by Gasteiger charge is -2.14. The Morgan fingerprint density at radius 3 is 2.47 bits per heavy atom. The first-order chi connectivity index (χ1) is 8.15. The molecule has 0 radical (unpaired) electrons. The van der Waals surface area contributed by atoms with Gasteiger partial charge in [0.15, 0.2) is 0 Å². The Bertz CT molecular complexity index is 566. The van der Waals surface area contributed by atoms with Crippen molar-refractivity contribution in [2.75, 3.05) is 19.0 Å². The molecule has 5 heteroatoms. The summed E-state index contributed by atoms with van der Waals surface area (Å²) >= 11 is 0. The molecule has 0 amide bonds. The van der Waals surface area contributed by atoms with E-state index >= 15 is 0 Å². The molecule has 0 unspecified atom stereocenters. The largest absolute Gasteiger partial charge is 0.492 e. The van der Waals surface area contributed by atoms with Gasteiger partial charge in [0.2, 0.25) is 17.5 Å². The number of aromatic nitrogens is 2. The van der Waals surface area contributed by atoms with E-state index in [9.17, 15) is 5.11 Å². The van der Waals surface area contributed by atoms with Crippen molar-refractivity contribution in [2.45, 2.75) is 0 Å². The average Bonchev–Trinajstić information content (AvgIpc) is 2.67. The molecule has 1 N–H and O–H groups in total. The number of imidazole rings is 1. The molecule has 0 spiro atoms. The fourth-order valence-electron chi connectivity index (χ4n) is 1.59. The van der Waals surface area contributed by atoms with Crippen molar-refractivity contribution in [2.24, 2.45) is 0 Å². The van der Waals surface area contributed by atoms with Crippen molar-refractivity contribution < 1.29 is 5.11 Å². The predicted octanol–water partition coefficient (Wildman–Crippen LogP) is 1.52. The molecule has 1 aromatic carbocycles. The molecule has 1 aromatic heterocycles. The number of benzene rings is 1. The van der Waals surface area contributed by atoms with Gasteiger partial charge in [0.25, 0.3) is 0 Å². The Hall–Kier alpha value is -2.48. The fraction of sp³-hybridized carbons (Fsp3) is 0.167. The molecule has 2 rings (SSSR count). The maximum absolute atomic E-state index is 9.96. The normalized spacial score (nSPS) is 9.94. The van der Waals surface area contributed by atoms with Gasteiger partial charge in [-0.15, -0.1) is 0 Å². The molecule has 17 heavy (non-hydrogen) atoms. The van der Waals surface area contributed by atoms with Crippen molar-refractivity contribution in [1.82, 2.24) is 9.55 Å². The number of hydrogen-bond acceptors (Lipinski definition) is 4. The lowest BCUT2D eigenvalue weighted by atomic mass is 10.3. The van der Waals surface area contributed by atoms with Gasteiger partial charge < -0.3 is 10.0 Å². The first-order valence-electron chi connectivity index (χ1n) is 5.09. The lowest BCUT2D eigenvalue weighted by Crippen LogP contribution is -2.14. The molecule has 0 aliphatic heterocycles. The SMILES string of the molecule is CN(C)c1nc(C#N)c(O)n1-c1ccccc1. The van der Waals surface area contributed by atoms with Crippen LogP contribution in [-0.2, 0) is 0 Å². The van der Waals surface area contributed by atoms with Gasteiger partial charge in [0.1, 0.15) is 6.07 Å². The quantitative estimate of drug-likeness (QED) is 0.846. The van der Waals surface area contributed by atoms with Crippen LogP contribution in [0.4, 0.5) is 5.95 Å². The van der Waals surface area contributed by atoms with Gasteiger partial charge in [-0.05, 0) is 12.1 Å². The van der Waals surface area contributed by atoms with Gasteiger partial charge in [-0.2, -0.15) is 10.2 Å². The van der Waals surface area contributed by atoms with Crippen LogP contribution in [-0.4, -0.2) is 28.8 Å². The maximum atomic E-state index is 9.96. The van der Waals surface area contributed by atoms with Crippen LogP contribution in [0.3, 0.4) is 0 Å². The minimum absolute atomic E-state index is 0.0255. The number of hydrogen-bond donors (Lipinski definition) is 1. The topological polar surface area (TPSA) is 65.1 Å². The maximum Gasteiger partial charge on any atom is 0.236 e. The molecule has 1 heterocycles. The van der Waals surface area contributed by atoms with E-state index in [1.165, 1.54) is 0 Å². The summed E-state index contributed by atoms with van der Waals surface area (Å²) in [5, 5.41) is 18.8. The summed E-state index contributed by atoms with van der Waals surface area (Å²) in [6.45, 7) is 0. The summed E-state index contributed by atoms with van der Waals surface area (Å²) in [6.07, 6.45) is 0. The molecule has 0 saturated heterocycles. The second-order valence-electron chi connectivity index (χ2n) is 3.76. The second-order valence-corrected chi connectivity index (χ2v) is 3.76. The highest BCUT2D eigenvalue weighted by Gasteiger charge is 2.18. The summed E-state index contributed by atoms with van der Waals surface area (Å²) in [7, 11) is 3.62. The Balaban J connectivity index is 2.68. The van der Waals surface area contributed by atoms with E-state index in [4.69, 9.17) is 5.26 Å². The number of para-hydroxylation sites is 1. The first-order valence-corrected chi connectivity index (χ1v) is 5.09. The highest BCUT2D eigenvalue weighted by molar-refractivity contribution is 5.52. The molecule has 2 aromatic rings. The zero-order chi connectivity index (χ0) is 12.4. The molecule has 0 atom stereocenters. The van der Waals surface area contributed by atoms with Crippen LogP contribution in [0.25, 0.3) is 5.69 Å². The zero-order valence-corrected chi connectivity index (χ0v) is 9.62. The predicted molar refractivity (Wildman–Crippen MR) is 64.3 cm³/mol. The highest BCUT2D eigenvalue weighted by Crippen LogP contribution is 2.28. The van der Waals surface area contributed by atoms with Gasteiger partial charge in [-0.3, -0.25) is 0 Å². The third-order valence-corrected chi connectivity index (χ3v) is 2.36. The van der Waals surface area contributed by atoms with Gasteiger partial charge >= 0.3 is 0 Å². The molecular weight excluding hydrogens is 216 g/mol. The number of nitriles is 1. The Morgan fingerprint density at radius 2 is 1.94 bits per heavy atom. The standard InChI is InChI=1S/C12H12N4O/c1-15(2)12-14-10(8-13)11(17)16(12)9-6-4-3-5-7-9/h3-7,17H,1-2H3. The number of nitrogens with zero attached hydrogens (tertiary/aromatic N) is 4. The molecule has 0 aliphatic rings. The molecular formula is C12H12N4O. The first kappa shape index (κ1) is 11.0. The Morgan fingerprint density at radius 1 is 1.29 bits per heavy atom. The van der Waals surface area contributed by atoms with Crippen molar-refractivity contribution in [3.8, 4) is 17.6 Å². The Labute approximate surface area is 99.2 Å². The fourth-order valence-corrected chi connectivity index (χ4v) is 1.59. The average molecular weight is 228 g/mol. The summed E-state index contributed by atoms with van der Waals surface area (Å²) < 4.78 is 1.54. The van der Waals surface area contributed by atoms with Gasteiger partial charge in [0, 0.05) is 14.1 Å². The second kappa shape index (κ2) is 4.18. The smallest absolute Gasteiger partial charge is 0.236 e. The van der Waals surface area contributed by atoms with Crippen molar-refractivity contribution >= 4 is 5.95 Å². The number of rotatable bonds is 2. The van der Waals surface area contributed by atoms with E-state index < -0.39 is 0 Å². The summed E-state index contributed by atoms with van der Waals surface area (Å²) in [6, 6.07) is 11.2. The summed E-state index contributed by atoms with van der Waals surface area (Å²) in [5.41, 5.74) is 0.792. The van der Waals surface area contributed by atoms with Crippen molar-refractivity contribution in [3.63, 3.8) is 0 Å². The van der Waals surface area contributed by atoms with Crippen LogP contribution < -0.4 is 4.90 Å². The van der Waals surface area contributed by atoms with E-state index in [1.807, 2.05) is 50.5 Å². The minimum atomic E-state index is -0.137. The van der Waals surface area contributed by atoms with Crippen LogP contribution in [0.2, 0.25) is 0 Å². The highest BCUT2D eigenvalue weighted by atomic mass is 16.3. The zero-order valence-electron chi connectivity index (χ0n) is 9.62. The van der Waals surface area contributed by atoms with E-state index in [0.29, 0.717) is 5.95 Å². The molecule has 0 saturated carbocycles. The minimum Gasteiger partial charge on any atom is -0.492 e. The van der Waals surface area contributed by atoms with Crippen LogP contribution >= 0.6 is 0 Å². The van der Waals surface area contributed by atoms with Crippen LogP contribution in [0.5, 0.6) is 5.88 Å². The monoisotopic (exact) mass is 228 g/mol. The van der Waals surface area contributed by atoms with Crippen molar-refractivity contribution in [3.05, 3.63) is 36.0 Å². The van der Waals surface area contributed by atoms with Gasteiger partial charge in [-0.25, -0.2) is 4.57 Å².